The molecule has 1 fully saturated rings. The first-order valence-corrected chi connectivity index (χ1v) is 12.0. The van der Waals surface area contributed by atoms with Crippen molar-refractivity contribution in [3.63, 3.8) is 0 Å². The zero-order valence-corrected chi connectivity index (χ0v) is 20.1. The summed E-state index contributed by atoms with van der Waals surface area (Å²) in [5, 5.41) is 0. The average Bonchev–Trinajstić information content (AvgIpc) is 3.18. The average molecular weight is 365 g/mol. The second-order valence-corrected chi connectivity index (χ2v) is 11.4. The van der Waals surface area contributed by atoms with Crippen LogP contribution in [0.15, 0.2) is 0 Å². The van der Waals surface area contributed by atoms with Gasteiger partial charge in [-0.1, -0.05) is 101 Å². The molecule has 1 aliphatic carbocycles. The van der Waals surface area contributed by atoms with Gasteiger partial charge in [-0.3, -0.25) is 0 Å². The van der Waals surface area contributed by atoms with E-state index in [0.29, 0.717) is 10.8 Å². The Labute approximate surface area is 167 Å². The van der Waals surface area contributed by atoms with Gasteiger partial charge in [0.15, 0.2) is 0 Å². The SMILES string of the molecule is CCCC(C)C(C)(C(C)C)C(CC(C)CC)C(C)CCCC1CC1(C)C. The molecule has 1 rings (SSSR count). The van der Waals surface area contributed by atoms with Crippen LogP contribution in [0.4, 0.5) is 0 Å². The van der Waals surface area contributed by atoms with Crippen LogP contribution in [0, 0.1) is 46.3 Å². The molecule has 0 saturated heterocycles. The minimum Gasteiger partial charge on any atom is -0.0654 e. The topological polar surface area (TPSA) is 0 Å². The quantitative estimate of drug-likeness (QED) is 0.306. The molecule has 0 radical (unpaired) electrons. The van der Waals surface area contributed by atoms with E-state index in [4.69, 9.17) is 0 Å². The Morgan fingerprint density at radius 3 is 2.00 bits per heavy atom. The number of hydrogen-bond acceptors (Lipinski definition) is 0. The van der Waals surface area contributed by atoms with Gasteiger partial charge in [-0.25, -0.2) is 0 Å². The summed E-state index contributed by atoms with van der Waals surface area (Å²) in [7, 11) is 0. The maximum atomic E-state index is 2.64. The maximum Gasteiger partial charge on any atom is -0.0246 e. The fourth-order valence-corrected chi connectivity index (χ4v) is 5.76. The second kappa shape index (κ2) is 9.97. The second-order valence-electron chi connectivity index (χ2n) is 11.4. The summed E-state index contributed by atoms with van der Waals surface area (Å²) in [6.07, 6.45) is 11.3. The van der Waals surface area contributed by atoms with Crippen LogP contribution in [0.2, 0.25) is 0 Å². The zero-order chi connectivity index (χ0) is 20.1. The minimum atomic E-state index is 0.470. The van der Waals surface area contributed by atoms with Crippen molar-refractivity contribution >= 4 is 0 Å². The molecule has 156 valence electrons. The summed E-state index contributed by atoms with van der Waals surface area (Å²) in [6, 6.07) is 0. The summed E-state index contributed by atoms with van der Waals surface area (Å²) < 4.78 is 0. The van der Waals surface area contributed by atoms with E-state index in [9.17, 15) is 0 Å². The van der Waals surface area contributed by atoms with Crippen molar-refractivity contribution in [3.8, 4) is 0 Å². The van der Waals surface area contributed by atoms with Crippen molar-refractivity contribution in [1.82, 2.24) is 0 Å². The van der Waals surface area contributed by atoms with Crippen molar-refractivity contribution in [2.24, 2.45) is 46.3 Å². The maximum absolute atomic E-state index is 2.64. The van der Waals surface area contributed by atoms with E-state index in [-0.39, 0.29) is 0 Å². The Morgan fingerprint density at radius 2 is 1.58 bits per heavy atom. The standard InChI is InChI=1S/C26H52/c1-11-14-22(7)26(10,19(3)4)24(17-20(5)12-2)21(6)15-13-16-23-18-25(23,8)9/h19-24H,11-18H2,1-10H3. The monoisotopic (exact) mass is 364 g/mol. The molecule has 0 aliphatic heterocycles. The normalized spacial score (nSPS) is 26.2. The first kappa shape index (κ1) is 24.0. The lowest BCUT2D eigenvalue weighted by Crippen LogP contribution is -2.42. The fraction of sp³-hybridized carbons (Fsp3) is 1.00. The van der Waals surface area contributed by atoms with Gasteiger partial charge in [0, 0.05) is 0 Å². The summed E-state index contributed by atoms with van der Waals surface area (Å²) in [4.78, 5) is 0. The lowest BCUT2D eigenvalue weighted by molar-refractivity contribution is -0.00744. The van der Waals surface area contributed by atoms with Gasteiger partial charge in [0.2, 0.25) is 0 Å². The minimum absolute atomic E-state index is 0.470. The Balaban J connectivity index is 2.85. The largest absolute Gasteiger partial charge is 0.0654 e. The van der Waals surface area contributed by atoms with E-state index in [1.807, 2.05) is 0 Å². The highest BCUT2D eigenvalue weighted by molar-refractivity contribution is 4.95. The van der Waals surface area contributed by atoms with E-state index in [2.05, 4.69) is 69.2 Å². The molecule has 0 amide bonds. The van der Waals surface area contributed by atoms with Crippen LogP contribution >= 0.6 is 0 Å². The van der Waals surface area contributed by atoms with E-state index < -0.39 is 0 Å². The van der Waals surface area contributed by atoms with Crippen molar-refractivity contribution in [2.45, 2.75) is 121 Å². The summed E-state index contributed by atoms with van der Waals surface area (Å²) in [5.41, 5.74) is 1.12. The first-order valence-electron chi connectivity index (χ1n) is 12.0. The molecule has 0 N–H and O–H groups in total. The van der Waals surface area contributed by atoms with Gasteiger partial charge in [0.05, 0.1) is 0 Å². The molecule has 0 aromatic rings. The van der Waals surface area contributed by atoms with Crippen molar-refractivity contribution < 1.29 is 0 Å². The Morgan fingerprint density at radius 1 is 1.00 bits per heavy atom. The van der Waals surface area contributed by atoms with Gasteiger partial charge in [-0.05, 0) is 65.6 Å². The number of hydrogen-bond donors (Lipinski definition) is 0. The molecule has 1 saturated carbocycles. The molecule has 0 heterocycles. The Hall–Kier alpha value is 0. The van der Waals surface area contributed by atoms with E-state index in [1.165, 1.54) is 51.4 Å². The third-order valence-corrected chi connectivity index (χ3v) is 8.80. The molecule has 6 unspecified atom stereocenters. The molecular formula is C26H52. The highest BCUT2D eigenvalue weighted by Crippen LogP contribution is 2.55. The zero-order valence-electron chi connectivity index (χ0n) is 20.1. The van der Waals surface area contributed by atoms with E-state index in [0.717, 1.165) is 35.5 Å². The van der Waals surface area contributed by atoms with Gasteiger partial charge in [-0.15, -0.1) is 0 Å². The van der Waals surface area contributed by atoms with Gasteiger partial charge in [0.1, 0.15) is 0 Å². The highest BCUT2D eigenvalue weighted by Gasteiger charge is 2.46. The van der Waals surface area contributed by atoms with Crippen molar-refractivity contribution in [1.29, 1.82) is 0 Å². The lowest BCUT2D eigenvalue weighted by Gasteiger charge is -2.49. The summed E-state index contributed by atoms with van der Waals surface area (Å²) >= 11 is 0. The van der Waals surface area contributed by atoms with Crippen molar-refractivity contribution in [2.75, 3.05) is 0 Å². The molecule has 26 heavy (non-hydrogen) atoms. The van der Waals surface area contributed by atoms with Crippen LogP contribution in [0.3, 0.4) is 0 Å². The predicted molar refractivity (Wildman–Crippen MR) is 119 cm³/mol. The predicted octanol–water partition coefficient (Wildman–Crippen LogP) is 8.99. The third-order valence-electron chi connectivity index (χ3n) is 8.80. The van der Waals surface area contributed by atoms with Gasteiger partial charge in [0.25, 0.3) is 0 Å². The van der Waals surface area contributed by atoms with Crippen LogP contribution in [0.25, 0.3) is 0 Å². The molecule has 0 aromatic heterocycles. The van der Waals surface area contributed by atoms with Gasteiger partial charge < -0.3 is 0 Å². The van der Waals surface area contributed by atoms with E-state index in [1.54, 1.807) is 0 Å². The van der Waals surface area contributed by atoms with Crippen LogP contribution in [0.5, 0.6) is 0 Å². The first-order chi connectivity index (χ1) is 12.0. The Bertz CT molecular complexity index is 393. The highest BCUT2D eigenvalue weighted by atomic mass is 14.5. The fourth-order valence-electron chi connectivity index (χ4n) is 5.76. The molecule has 0 heteroatoms. The molecule has 0 bridgehead atoms. The van der Waals surface area contributed by atoms with Crippen LogP contribution in [-0.4, -0.2) is 0 Å². The lowest BCUT2D eigenvalue weighted by atomic mass is 9.55. The van der Waals surface area contributed by atoms with Crippen LogP contribution < -0.4 is 0 Å². The summed E-state index contributed by atoms with van der Waals surface area (Å²) in [5.74, 6) is 5.19. The molecule has 0 aromatic carbocycles. The Kier molecular flexibility index (Phi) is 9.22. The number of rotatable bonds is 13. The molecule has 6 atom stereocenters. The third kappa shape index (κ3) is 6.00. The van der Waals surface area contributed by atoms with Crippen LogP contribution in [0.1, 0.15) is 121 Å². The molecule has 0 spiro atoms. The molecule has 0 nitrogen and oxygen atoms in total. The smallest absolute Gasteiger partial charge is 0.0246 e. The molecular weight excluding hydrogens is 312 g/mol. The van der Waals surface area contributed by atoms with Crippen molar-refractivity contribution in [3.05, 3.63) is 0 Å². The molecule has 1 aliphatic rings. The van der Waals surface area contributed by atoms with Crippen LogP contribution in [-0.2, 0) is 0 Å². The summed E-state index contributed by atoms with van der Waals surface area (Å²) in [6.45, 7) is 24.9. The van der Waals surface area contributed by atoms with E-state index >= 15 is 0 Å². The van der Waals surface area contributed by atoms with Gasteiger partial charge in [-0.2, -0.15) is 0 Å². The van der Waals surface area contributed by atoms with Gasteiger partial charge >= 0.3 is 0 Å².